The summed E-state index contributed by atoms with van der Waals surface area (Å²) in [7, 11) is -3.55. The number of nitrogens with one attached hydrogen (secondary N) is 2. The van der Waals surface area contributed by atoms with Crippen LogP contribution in [-0.4, -0.2) is 20.4 Å². The van der Waals surface area contributed by atoms with Crippen LogP contribution in [0.1, 0.15) is 61.8 Å². The van der Waals surface area contributed by atoms with Gasteiger partial charge in [0.25, 0.3) is 0 Å². The summed E-state index contributed by atoms with van der Waals surface area (Å²) in [6, 6.07) is 11.7. The Hall–Kier alpha value is -2.39. The Kier molecular flexibility index (Phi) is 7.53. The van der Waals surface area contributed by atoms with Crippen LogP contribution in [0.15, 0.2) is 48.5 Å². The van der Waals surface area contributed by atoms with E-state index in [9.17, 15) is 26.4 Å². The van der Waals surface area contributed by atoms with Crippen LogP contribution in [0.4, 0.5) is 13.2 Å². The summed E-state index contributed by atoms with van der Waals surface area (Å²) in [5.74, 6) is -0.562. The van der Waals surface area contributed by atoms with Gasteiger partial charge in [0, 0.05) is 12.6 Å². The molecule has 0 bridgehead atoms. The molecule has 0 aromatic heterocycles. The molecule has 2 N–H and O–H groups in total. The van der Waals surface area contributed by atoms with E-state index >= 15 is 0 Å². The number of amides is 1. The second kappa shape index (κ2) is 9.85. The average Bonchev–Trinajstić information content (AvgIpc) is 3.22. The van der Waals surface area contributed by atoms with Crippen molar-refractivity contribution in [2.75, 3.05) is 0 Å². The minimum atomic E-state index is -4.49. The summed E-state index contributed by atoms with van der Waals surface area (Å²) in [6.07, 6.45) is -2.05. The molecule has 1 fully saturated rings. The second-order valence-corrected chi connectivity index (χ2v) is 10.6. The number of rotatable bonds is 8. The van der Waals surface area contributed by atoms with Crippen LogP contribution < -0.4 is 10.0 Å². The van der Waals surface area contributed by atoms with Crippen LogP contribution in [0.3, 0.4) is 0 Å². The van der Waals surface area contributed by atoms with Gasteiger partial charge in [-0.1, -0.05) is 55.3 Å². The summed E-state index contributed by atoms with van der Waals surface area (Å²) in [5.41, 5.74) is -0.221. The molecule has 1 amide bonds. The first kappa shape index (κ1) is 25.2. The number of alkyl halides is 3. The minimum Gasteiger partial charge on any atom is -0.351 e. The van der Waals surface area contributed by atoms with Crippen LogP contribution in [-0.2, 0) is 38.7 Å². The van der Waals surface area contributed by atoms with E-state index in [2.05, 4.69) is 10.0 Å². The van der Waals surface area contributed by atoms with Crippen LogP contribution in [0.25, 0.3) is 0 Å². The van der Waals surface area contributed by atoms with E-state index in [1.54, 1.807) is 44.2 Å². The van der Waals surface area contributed by atoms with Gasteiger partial charge in [0.2, 0.25) is 15.9 Å². The van der Waals surface area contributed by atoms with Crippen molar-refractivity contribution >= 4 is 15.9 Å². The molecule has 0 heterocycles. The van der Waals surface area contributed by atoms with E-state index < -0.39 is 27.2 Å². The lowest BCUT2D eigenvalue weighted by Crippen LogP contribution is -2.42. The molecule has 1 aliphatic carbocycles. The van der Waals surface area contributed by atoms with Crippen molar-refractivity contribution in [1.29, 1.82) is 0 Å². The van der Waals surface area contributed by atoms with Gasteiger partial charge >= 0.3 is 6.18 Å². The molecule has 9 heteroatoms. The van der Waals surface area contributed by atoms with Crippen LogP contribution in [0.5, 0.6) is 0 Å². The molecule has 0 aliphatic heterocycles. The highest BCUT2D eigenvalue weighted by molar-refractivity contribution is 7.88. The third kappa shape index (κ3) is 6.14. The highest BCUT2D eigenvalue weighted by atomic mass is 32.2. The first-order valence-corrected chi connectivity index (χ1v) is 12.6. The molecule has 180 valence electrons. The maximum atomic E-state index is 13.3. The molecule has 0 radical (unpaired) electrons. The molecule has 5 nitrogen and oxygen atoms in total. The Morgan fingerprint density at radius 2 is 1.67 bits per heavy atom. The molecule has 0 unspecified atom stereocenters. The Morgan fingerprint density at radius 1 is 1.03 bits per heavy atom. The normalized spacial score (nSPS) is 16.2. The Balaban J connectivity index is 1.81. The molecule has 33 heavy (non-hydrogen) atoms. The zero-order chi connectivity index (χ0) is 24.3. The zero-order valence-corrected chi connectivity index (χ0v) is 19.5. The summed E-state index contributed by atoms with van der Waals surface area (Å²) in [5, 5.41) is 2.87. The van der Waals surface area contributed by atoms with Crippen molar-refractivity contribution in [2.24, 2.45) is 0 Å². The maximum Gasteiger partial charge on any atom is 0.416 e. The van der Waals surface area contributed by atoms with E-state index in [-0.39, 0.29) is 24.2 Å². The van der Waals surface area contributed by atoms with Gasteiger partial charge in [-0.05, 0) is 49.4 Å². The van der Waals surface area contributed by atoms with Crippen molar-refractivity contribution in [3.05, 3.63) is 70.8 Å². The summed E-state index contributed by atoms with van der Waals surface area (Å²) in [6.45, 7) is 3.56. The Bertz CT molecular complexity index is 1090. The topological polar surface area (TPSA) is 75.3 Å². The molecular weight excluding hydrogens is 453 g/mol. The zero-order valence-electron chi connectivity index (χ0n) is 18.7. The fraction of sp³-hybridized carbons (Fsp3) is 0.458. The van der Waals surface area contributed by atoms with Crippen LogP contribution in [0.2, 0.25) is 0 Å². The third-order valence-electron chi connectivity index (χ3n) is 5.95. The summed E-state index contributed by atoms with van der Waals surface area (Å²) < 4.78 is 67.0. The predicted octanol–water partition coefficient (Wildman–Crippen LogP) is 4.66. The van der Waals surface area contributed by atoms with Crippen molar-refractivity contribution in [3.8, 4) is 0 Å². The summed E-state index contributed by atoms with van der Waals surface area (Å²) >= 11 is 0. The van der Waals surface area contributed by atoms with Gasteiger partial charge in [0.15, 0.2) is 0 Å². The maximum absolute atomic E-state index is 13.3. The Morgan fingerprint density at radius 3 is 2.27 bits per heavy atom. The number of hydrogen-bond donors (Lipinski definition) is 2. The van der Waals surface area contributed by atoms with Gasteiger partial charge in [-0.15, -0.1) is 0 Å². The highest BCUT2D eigenvalue weighted by Crippen LogP contribution is 2.43. The molecule has 1 saturated carbocycles. The van der Waals surface area contributed by atoms with Crippen molar-refractivity contribution in [2.45, 2.75) is 69.5 Å². The largest absolute Gasteiger partial charge is 0.416 e. The van der Waals surface area contributed by atoms with E-state index in [1.165, 1.54) is 6.07 Å². The molecule has 0 atom stereocenters. The van der Waals surface area contributed by atoms with Crippen LogP contribution in [0, 0.1) is 0 Å². The summed E-state index contributed by atoms with van der Waals surface area (Å²) in [4.78, 5) is 13.3. The molecular formula is C24H29F3N2O3S. The van der Waals surface area contributed by atoms with Gasteiger partial charge < -0.3 is 5.32 Å². The Labute approximate surface area is 192 Å². The van der Waals surface area contributed by atoms with Crippen LogP contribution >= 0.6 is 0 Å². The van der Waals surface area contributed by atoms with Crippen molar-refractivity contribution < 1.29 is 26.4 Å². The SMILES string of the molecule is CC(C)NS(=O)(=O)Cc1ccccc1CNC(=O)C1(c2cccc(C(F)(F)F)c2)CCCC1. The lowest BCUT2D eigenvalue weighted by atomic mass is 9.77. The molecule has 2 aromatic rings. The van der Waals surface area contributed by atoms with Crippen molar-refractivity contribution in [1.82, 2.24) is 10.0 Å². The average molecular weight is 483 g/mol. The molecule has 1 aliphatic rings. The van der Waals surface area contributed by atoms with E-state index in [4.69, 9.17) is 0 Å². The number of hydrogen-bond acceptors (Lipinski definition) is 3. The lowest BCUT2D eigenvalue weighted by molar-refractivity contribution is -0.138. The van der Waals surface area contributed by atoms with Crippen molar-refractivity contribution in [3.63, 3.8) is 0 Å². The van der Waals surface area contributed by atoms with E-state index in [0.717, 1.165) is 25.0 Å². The fourth-order valence-electron chi connectivity index (χ4n) is 4.44. The minimum absolute atomic E-state index is 0.0902. The number of halogens is 3. The second-order valence-electron chi connectivity index (χ2n) is 8.85. The standard InChI is InChI=1S/C24H29F3N2O3S/c1-17(2)29-33(31,32)16-19-9-4-3-8-18(19)15-28-22(30)23(12-5-6-13-23)20-10-7-11-21(14-20)24(25,26)27/h3-4,7-11,14,17,29H,5-6,12-13,15-16H2,1-2H3,(H,28,30). The highest BCUT2D eigenvalue weighted by Gasteiger charge is 2.43. The molecule has 3 rings (SSSR count). The molecule has 0 saturated heterocycles. The van der Waals surface area contributed by atoms with E-state index in [1.807, 2.05) is 0 Å². The van der Waals surface area contributed by atoms with Gasteiger partial charge in [-0.25, -0.2) is 13.1 Å². The first-order valence-electron chi connectivity index (χ1n) is 11.0. The smallest absolute Gasteiger partial charge is 0.351 e. The monoisotopic (exact) mass is 482 g/mol. The van der Waals surface area contributed by atoms with E-state index in [0.29, 0.717) is 29.5 Å². The third-order valence-corrected chi connectivity index (χ3v) is 7.47. The fourth-order valence-corrected chi connectivity index (χ4v) is 5.93. The lowest BCUT2D eigenvalue weighted by Gasteiger charge is -2.29. The number of benzene rings is 2. The molecule has 0 spiro atoms. The van der Waals surface area contributed by atoms with Gasteiger partial charge in [-0.2, -0.15) is 13.2 Å². The van der Waals surface area contributed by atoms with Gasteiger partial charge in [0.05, 0.1) is 16.7 Å². The first-order chi connectivity index (χ1) is 15.4. The number of carbonyl (C=O) groups excluding carboxylic acids is 1. The quantitative estimate of drug-likeness (QED) is 0.575. The number of carbonyl (C=O) groups is 1. The number of sulfonamides is 1. The van der Waals surface area contributed by atoms with Gasteiger partial charge in [0.1, 0.15) is 0 Å². The predicted molar refractivity (Wildman–Crippen MR) is 121 cm³/mol. The van der Waals surface area contributed by atoms with Gasteiger partial charge in [-0.3, -0.25) is 4.79 Å². The molecule has 2 aromatic carbocycles.